The van der Waals surface area contributed by atoms with E-state index < -0.39 is 5.79 Å². The Kier molecular flexibility index (Phi) is 6.27. The Labute approximate surface area is 172 Å². The molecule has 148 valence electrons. The zero-order chi connectivity index (χ0) is 20.1. The standard InChI is InChI=1S/C22H28ClN5/c1-3-28(4-2)21-15-18(12-10-16-8-6-5-7-9-16)26-22(25,27-21)17-11-13-19(23)20(24)14-17/h5-9,11,13-15,26H,3-4,10,12,24-25H2,1-2H3. The van der Waals surface area contributed by atoms with Gasteiger partial charge in [-0.25, -0.2) is 4.99 Å². The number of rotatable bonds is 6. The highest BCUT2D eigenvalue weighted by Gasteiger charge is 2.32. The molecule has 0 aliphatic carbocycles. The summed E-state index contributed by atoms with van der Waals surface area (Å²) in [5.41, 5.74) is 16.4. The van der Waals surface area contributed by atoms with Crippen molar-refractivity contribution in [1.82, 2.24) is 10.2 Å². The predicted molar refractivity (Wildman–Crippen MR) is 118 cm³/mol. The van der Waals surface area contributed by atoms with E-state index in [0.29, 0.717) is 10.7 Å². The topological polar surface area (TPSA) is 79.7 Å². The van der Waals surface area contributed by atoms with Crippen molar-refractivity contribution in [3.8, 4) is 0 Å². The molecule has 3 rings (SSSR count). The summed E-state index contributed by atoms with van der Waals surface area (Å²) in [6.07, 6.45) is 3.86. The summed E-state index contributed by atoms with van der Waals surface area (Å²) < 4.78 is 0. The molecule has 1 atom stereocenters. The number of likely N-dealkylation sites (N-methyl/N-ethyl adjacent to an activating group) is 1. The number of halogens is 1. The van der Waals surface area contributed by atoms with Crippen molar-refractivity contribution in [3.63, 3.8) is 0 Å². The Balaban J connectivity index is 1.92. The number of nitrogens with one attached hydrogen (secondary N) is 1. The van der Waals surface area contributed by atoms with Crippen LogP contribution in [0.15, 0.2) is 65.3 Å². The number of amidine groups is 1. The van der Waals surface area contributed by atoms with Gasteiger partial charge in [-0.3, -0.25) is 5.73 Å². The van der Waals surface area contributed by atoms with Crippen LogP contribution in [0.5, 0.6) is 0 Å². The highest BCUT2D eigenvalue weighted by molar-refractivity contribution is 6.33. The molecule has 1 unspecified atom stereocenters. The summed E-state index contributed by atoms with van der Waals surface area (Å²) in [5.74, 6) is -0.208. The largest absolute Gasteiger partial charge is 0.398 e. The van der Waals surface area contributed by atoms with Gasteiger partial charge in [-0.2, -0.15) is 0 Å². The van der Waals surface area contributed by atoms with Gasteiger partial charge in [-0.15, -0.1) is 0 Å². The smallest absolute Gasteiger partial charge is 0.211 e. The van der Waals surface area contributed by atoms with E-state index in [0.717, 1.165) is 43.0 Å². The molecule has 0 saturated heterocycles. The van der Waals surface area contributed by atoms with Crippen LogP contribution >= 0.6 is 11.6 Å². The number of nitrogens with zero attached hydrogens (tertiary/aromatic N) is 2. The van der Waals surface area contributed by atoms with Gasteiger partial charge in [0.2, 0.25) is 5.79 Å². The Bertz CT molecular complexity index is 874. The number of aliphatic imine (C=N–C) groups is 1. The average molecular weight is 398 g/mol. The van der Waals surface area contributed by atoms with Gasteiger partial charge in [0.1, 0.15) is 5.84 Å². The second-order valence-corrected chi connectivity index (χ2v) is 7.33. The summed E-state index contributed by atoms with van der Waals surface area (Å²) >= 11 is 6.09. The Morgan fingerprint density at radius 2 is 1.79 bits per heavy atom. The van der Waals surface area contributed by atoms with Crippen LogP contribution in [0, 0.1) is 0 Å². The molecule has 5 N–H and O–H groups in total. The molecule has 0 saturated carbocycles. The van der Waals surface area contributed by atoms with Gasteiger partial charge in [0.25, 0.3) is 0 Å². The Morgan fingerprint density at radius 1 is 1.07 bits per heavy atom. The first-order valence-corrected chi connectivity index (χ1v) is 10.0. The zero-order valence-corrected chi connectivity index (χ0v) is 17.2. The maximum atomic E-state index is 6.73. The van der Waals surface area contributed by atoms with E-state index in [-0.39, 0.29) is 0 Å². The number of aryl methyl sites for hydroxylation is 1. The van der Waals surface area contributed by atoms with Crippen LogP contribution in [0.3, 0.4) is 0 Å². The van der Waals surface area contributed by atoms with Crippen LogP contribution in [0.1, 0.15) is 31.4 Å². The van der Waals surface area contributed by atoms with Gasteiger partial charge in [-0.05, 0) is 50.5 Å². The highest BCUT2D eigenvalue weighted by Crippen LogP contribution is 2.29. The maximum absolute atomic E-state index is 6.73. The Morgan fingerprint density at radius 3 is 2.43 bits per heavy atom. The fourth-order valence-electron chi connectivity index (χ4n) is 3.36. The second-order valence-electron chi connectivity index (χ2n) is 6.93. The molecule has 0 amide bonds. The first kappa shape index (κ1) is 20.2. The van der Waals surface area contributed by atoms with E-state index in [1.165, 1.54) is 5.56 Å². The van der Waals surface area contributed by atoms with Crippen LogP contribution in [0.25, 0.3) is 0 Å². The molecular weight excluding hydrogens is 370 g/mol. The molecule has 5 nitrogen and oxygen atoms in total. The number of hydrogen-bond acceptors (Lipinski definition) is 5. The van der Waals surface area contributed by atoms with Gasteiger partial charge in [0, 0.05) is 24.4 Å². The van der Waals surface area contributed by atoms with Crippen LogP contribution in [0.2, 0.25) is 5.02 Å². The lowest BCUT2D eigenvalue weighted by molar-refractivity contribution is 0.367. The summed E-state index contributed by atoms with van der Waals surface area (Å²) in [7, 11) is 0. The van der Waals surface area contributed by atoms with Crippen molar-refractivity contribution in [3.05, 3.63) is 76.5 Å². The first-order valence-electron chi connectivity index (χ1n) is 9.67. The molecule has 6 heteroatoms. The number of nitrogens with two attached hydrogens (primary N) is 2. The quantitative estimate of drug-likeness (QED) is 0.647. The first-order chi connectivity index (χ1) is 13.4. The molecule has 1 aliphatic heterocycles. The van der Waals surface area contributed by atoms with Crippen molar-refractivity contribution in [2.75, 3.05) is 18.8 Å². The molecule has 1 aliphatic rings. The number of benzene rings is 2. The highest BCUT2D eigenvalue weighted by atomic mass is 35.5. The van der Waals surface area contributed by atoms with Crippen molar-refractivity contribution in [2.45, 2.75) is 32.5 Å². The van der Waals surface area contributed by atoms with Crippen molar-refractivity contribution >= 4 is 23.1 Å². The SMILES string of the molecule is CCN(CC)C1=NC(N)(c2ccc(Cl)c(N)c2)NC(CCc2ccccc2)=C1. The van der Waals surface area contributed by atoms with Gasteiger partial charge in [-0.1, -0.05) is 48.0 Å². The molecule has 2 aromatic carbocycles. The molecule has 0 radical (unpaired) electrons. The average Bonchev–Trinajstić information content (AvgIpc) is 2.70. The van der Waals surface area contributed by atoms with Crippen molar-refractivity contribution in [2.24, 2.45) is 10.7 Å². The van der Waals surface area contributed by atoms with Crippen LogP contribution in [-0.2, 0) is 12.2 Å². The second kappa shape index (κ2) is 8.67. The molecule has 0 aromatic heterocycles. The number of allylic oxidation sites excluding steroid dienone is 1. The number of nitrogen functional groups attached to an aromatic ring is 1. The number of anilines is 1. The summed E-state index contributed by atoms with van der Waals surface area (Å²) in [6, 6.07) is 15.8. The minimum Gasteiger partial charge on any atom is -0.398 e. The van der Waals surface area contributed by atoms with Crippen molar-refractivity contribution in [1.29, 1.82) is 0 Å². The van der Waals surface area contributed by atoms with Gasteiger partial charge in [0.15, 0.2) is 0 Å². The predicted octanol–water partition coefficient (Wildman–Crippen LogP) is 3.85. The minimum atomic E-state index is -1.09. The molecule has 2 aromatic rings. The monoisotopic (exact) mass is 397 g/mol. The normalized spacial score (nSPS) is 18.9. The van der Waals surface area contributed by atoms with Gasteiger partial charge >= 0.3 is 0 Å². The van der Waals surface area contributed by atoms with Gasteiger partial charge in [0.05, 0.1) is 10.7 Å². The summed E-state index contributed by atoms with van der Waals surface area (Å²) in [4.78, 5) is 7.03. The third-order valence-corrected chi connectivity index (χ3v) is 5.34. The summed E-state index contributed by atoms with van der Waals surface area (Å²) in [6.45, 7) is 5.95. The molecular formula is C22H28ClN5. The summed E-state index contributed by atoms with van der Waals surface area (Å²) in [5, 5.41) is 3.93. The lowest BCUT2D eigenvalue weighted by Crippen LogP contribution is -2.52. The van der Waals surface area contributed by atoms with E-state index >= 15 is 0 Å². The lowest BCUT2D eigenvalue weighted by atomic mass is 10.0. The van der Waals surface area contributed by atoms with E-state index in [9.17, 15) is 0 Å². The van der Waals surface area contributed by atoms with Crippen molar-refractivity contribution < 1.29 is 0 Å². The Hall–Kier alpha value is -2.50. The van der Waals surface area contributed by atoms with Crippen LogP contribution < -0.4 is 16.8 Å². The van der Waals surface area contributed by atoms with Crippen LogP contribution in [-0.4, -0.2) is 23.8 Å². The number of hydrogen-bond donors (Lipinski definition) is 3. The van der Waals surface area contributed by atoms with Gasteiger partial charge < -0.3 is 16.0 Å². The third kappa shape index (κ3) is 4.49. The van der Waals surface area contributed by atoms with E-state index in [2.05, 4.69) is 54.4 Å². The lowest BCUT2D eigenvalue weighted by Gasteiger charge is -2.36. The molecule has 0 spiro atoms. The fraction of sp³-hybridized carbons (Fsp3) is 0.318. The van der Waals surface area contributed by atoms with E-state index in [4.69, 9.17) is 28.1 Å². The maximum Gasteiger partial charge on any atom is 0.211 e. The fourth-order valence-corrected chi connectivity index (χ4v) is 3.48. The molecule has 1 heterocycles. The minimum absolute atomic E-state index is 0.491. The van der Waals surface area contributed by atoms with E-state index in [1.54, 1.807) is 12.1 Å². The molecule has 0 bridgehead atoms. The zero-order valence-electron chi connectivity index (χ0n) is 16.5. The third-order valence-electron chi connectivity index (χ3n) is 4.99. The molecule has 0 fully saturated rings. The van der Waals surface area contributed by atoms with Crippen LogP contribution in [0.4, 0.5) is 5.69 Å². The molecule has 28 heavy (non-hydrogen) atoms. The van der Waals surface area contributed by atoms with E-state index in [1.807, 2.05) is 12.1 Å².